The van der Waals surface area contributed by atoms with Crippen LogP contribution in [0.1, 0.15) is 36.7 Å². The molecular weight excluding hydrogens is 230 g/mol. The predicted molar refractivity (Wildman–Crippen MR) is 52.1 cm³/mol. The van der Waals surface area contributed by atoms with Crippen LogP contribution in [0.5, 0.6) is 0 Å². The monoisotopic (exact) mass is 242 g/mol. The van der Waals surface area contributed by atoms with Gasteiger partial charge in [0, 0.05) is 19.5 Å². The minimum absolute atomic E-state index is 0. The summed E-state index contributed by atoms with van der Waals surface area (Å²) in [7, 11) is 0. The number of aromatic carboxylic acids is 1. The van der Waals surface area contributed by atoms with Crippen molar-refractivity contribution in [2.24, 2.45) is 0 Å². The maximum absolute atomic E-state index is 10.7. The number of rotatable bonds is 1. The van der Waals surface area contributed by atoms with Crippen LogP contribution in [-0.4, -0.2) is 11.1 Å². The zero-order valence-electron chi connectivity index (χ0n) is 8.87. The summed E-state index contributed by atoms with van der Waals surface area (Å²) in [6, 6.07) is 7.07. The molecule has 0 atom stereocenters. The molecule has 0 spiro atoms. The van der Waals surface area contributed by atoms with Crippen molar-refractivity contribution in [1.29, 1.82) is 0 Å². The van der Waals surface area contributed by atoms with E-state index in [1.54, 1.807) is 18.2 Å². The van der Waals surface area contributed by atoms with Crippen LogP contribution in [0.25, 0.3) is 0 Å². The molecule has 0 aliphatic carbocycles. The van der Waals surface area contributed by atoms with Gasteiger partial charge in [-0.05, 0) is 23.1 Å². The van der Waals surface area contributed by atoms with Crippen LogP contribution in [0, 0.1) is 0 Å². The molecule has 2 nitrogen and oxygen atoms in total. The molecule has 0 saturated heterocycles. The number of hydrogen-bond donors (Lipinski definition) is 1. The third-order valence-corrected chi connectivity index (χ3v) is 1.98. The molecule has 0 radical (unpaired) electrons. The van der Waals surface area contributed by atoms with Crippen LogP contribution < -0.4 is 0 Å². The third kappa shape index (κ3) is 3.23. The molecule has 1 aromatic rings. The van der Waals surface area contributed by atoms with Gasteiger partial charge in [-0.1, -0.05) is 32.9 Å². The first-order chi connectivity index (χ1) is 5.91. The van der Waals surface area contributed by atoms with E-state index in [0.717, 1.165) is 5.56 Å². The molecule has 0 aliphatic heterocycles. The standard InChI is InChI=1S/C11H14O2.Zn/c1-11(2,3)9-6-4-5-8(7-9)10(12)13;/h4-7H,1-3H3,(H,12,13);. The summed E-state index contributed by atoms with van der Waals surface area (Å²) >= 11 is 0. The second-order valence-corrected chi connectivity index (χ2v) is 4.14. The van der Waals surface area contributed by atoms with E-state index in [0.29, 0.717) is 5.56 Å². The molecule has 0 bridgehead atoms. The Kier molecular flexibility index (Phi) is 4.47. The SMILES string of the molecule is CC(C)(C)c1cccc(C(=O)O)c1.[Zn]. The summed E-state index contributed by atoms with van der Waals surface area (Å²) < 4.78 is 0. The molecule has 72 valence electrons. The van der Waals surface area contributed by atoms with Gasteiger partial charge in [-0.2, -0.15) is 0 Å². The van der Waals surface area contributed by atoms with Crippen molar-refractivity contribution in [3.05, 3.63) is 35.4 Å². The van der Waals surface area contributed by atoms with Crippen LogP contribution >= 0.6 is 0 Å². The number of benzene rings is 1. The van der Waals surface area contributed by atoms with Crippen molar-refractivity contribution < 1.29 is 29.4 Å². The number of carboxylic acid groups (broad SMARTS) is 1. The van der Waals surface area contributed by atoms with Crippen molar-refractivity contribution in [3.63, 3.8) is 0 Å². The van der Waals surface area contributed by atoms with E-state index in [4.69, 9.17) is 5.11 Å². The fourth-order valence-corrected chi connectivity index (χ4v) is 1.12. The molecule has 1 N–H and O–H groups in total. The van der Waals surface area contributed by atoms with E-state index in [9.17, 15) is 4.79 Å². The zero-order chi connectivity index (χ0) is 10.1. The second kappa shape index (κ2) is 4.70. The quantitative estimate of drug-likeness (QED) is 0.770. The Morgan fingerprint density at radius 1 is 1.29 bits per heavy atom. The van der Waals surface area contributed by atoms with Gasteiger partial charge in [-0.3, -0.25) is 0 Å². The summed E-state index contributed by atoms with van der Waals surface area (Å²) in [6.07, 6.45) is 0. The second-order valence-electron chi connectivity index (χ2n) is 4.14. The first kappa shape index (κ1) is 13.3. The zero-order valence-corrected chi connectivity index (χ0v) is 11.8. The van der Waals surface area contributed by atoms with Gasteiger partial charge in [-0.25, -0.2) is 4.79 Å². The Balaban J connectivity index is 0.00000169. The van der Waals surface area contributed by atoms with Crippen molar-refractivity contribution in [2.45, 2.75) is 26.2 Å². The van der Waals surface area contributed by atoms with E-state index in [-0.39, 0.29) is 24.9 Å². The van der Waals surface area contributed by atoms with Gasteiger partial charge in [0.15, 0.2) is 0 Å². The van der Waals surface area contributed by atoms with Crippen LogP contribution in [0.3, 0.4) is 0 Å². The summed E-state index contributed by atoms with van der Waals surface area (Å²) in [6.45, 7) is 6.19. The molecular formula is C11H14O2Zn. The van der Waals surface area contributed by atoms with Crippen molar-refractivity contribution in [1.82, 2.24) is 0 Å². The maximum Gasteiger partial charge on any atom is 0.335 e. The molecule has 14 heavy (non-hydrogen) atoms. The maximum atomic E-state index is 10.7. The molecule has 1 rings (SSSR count). The summed E-state index contributed by atoms with van der Waals surface area (Å²) in [5.74, 6) is -0.869. The van der Waals surface area contributed by atoms with Gasteiger partial charge in [-0.15, -0.1) is 0 Å². The minimum atomic E-state index is -0.869. The van der Waals surface area contributed by atoms with Crippen LogP contribution in [-0.2, 0) is 24.9 Å². The van der Waals surface area contributed by atoms with E-state index in [1.165, 1.54) is 0 Å². The average Bonchev–Trinajstić information content (AvgIpc) is 2.03. The van der Waals surface area contributed by atoms with Crippen molar-refractivity contribution in [2.75, 3.05) is 0 Å². The molecule has 3 heteroatoms. The van der Waals surface area contributed by atoms with Crippen LogP contribution in [0.4, 0.5) is 0 Å². The molecule has 0 aromatic heterocycles. The largest absolute Gasteiger partial charge is 0.478 e. The Hall–Kier alpha value is -0.687. The van der Waals surface area contributed by atoms with Crippen molar-refractivity contribution in [3.8, 4) is 0 Å². The fraction of sp³-hybridized carbons (Fsp3) is 0.364. The number of hydrogen-bond acceptors (Lipinski definition) is 1. The summed E-state index contributed by atoms with van der Waals surface area (Å²) in [5.41, 5.74) is 1.41. The molecule has 0 heterocycles. The van der Waals surface area contributed by atoms with Gasteiger partial charge in [0.1, 0.15) is 0 Å². The van der Waals surface area contributed by atoms with Crippen LogP contribution in [0.2, 0.25) is 0 Å². The molecule has 0 unspecified atom stereocenters. The van der Waals surface area contributed by atoms with Gasteiger partial charge in [0.2, 0.25) is 0 Å². The van der Waals surface area contributed by atoms with Crippen LogP contribution in [0.15, 0.2) is 24.3 Å². The van der Waals surface area contributed by atoms with Gasteiger partial charge in [0.05, 0.1) is 5.56 Å². The number of carbonyl (C=O) groups is 1. The molecule has 0 saturated carbocycles. The third-order valence-electron chi connectivity index (χ3n) is 1.98. The molecule has 0 fully saturated rings. The Labute approximate surface area is 97.1 Å². The van der Waals surface area contributed by atoms with Gasteiger partial charge >= 0.3 is 5.97 Å². The first-order valence-electron chi connectivity index (χ1n) is 4.25. The summed E-state index contributed by atoms with van der Waals surface area (Å²) in [4.78, 5) is 10.7. The fourth-order valence-electron chi connectivity index (χ4n) is 1.12. The topological polar surface area (TPSA) is 37.3 Å². The van der Waals surface area contributed by atoms with E-state index in [2.05, 4.69) is 20.8 Å². The molecule has 1 aromatic carbocycles. The molecule has 0 amide bonds. The predicted octanol–water partition coefficient (Wildman–Crippen LogP) is 2.68. The minimum Gasteiger partial charge on any atom is -0.478 e. The van der Waals surface area contributed by atoms with Gasteiger partial charge < -0.3 is 5.11 Å². The normalized spacial score (nSPS) is 10.5. The van der Waals surface area contributed by atoms with Gasteiger partial charge in [0.25, 0.3) is 0 Å². The average molecular weight is 244 g/mol. The smallest absolute Gasteiger partial charge is 0.335 e. The first-order valence-corrected chi connectivity index (χ1v) is 4.25. The van der Waals surface area contributed by atoms with Crippen molar-refractivity contribution >= 4 is 5.97 Å². The van der Waals surface area contributed by atoms with E-state index >= 15 is 0 Å². The Morgan fingerprint density at radius 2 is 1.86 bits per heavy atom. The molecule has 0 aliphatic rings. The Bertz CT molecular complexity index is 326. The summed E-state index contributed by atoms with van der Waals surface area (Å²) in [5, 5.41) is 8.77. The van der Waals surface area contributed by atoms with E-state index in [1.807, 2.05) is 6.07 Å². The Morgan fingerprint density at radius 3 is 2.29 bits per heavy atom. The van der Waals surface area contributed by atoms with E-state index < -0.39 is 5.97 Å². The number of carboxylic acids is 1.